The van der Waals surface area contributed by atoms with E-state index in [-0.39, 0.29) is 5.56 Å². The van der Waals surface area contributed by atoms with Gasteiger partial charge in [-0.15, -0.1) is 0 Å². The molecule has 0 bridgehead atoms. The number of halogens is 4. The zero-order valence-corrected chi connectivity index (χ0v) is 19.5. The Labute approximate surface area is 191 Å². The van der Waals surface area contributed by atoms with Crippen molar-refractivity contribution in [2.24, 2.45) is 17.8 Å². The van der Waals surface area contributed by atoms with Gasteiger partial charge in [0.25, 0.3) is 0 Å². The molecule has 0 amide bonds. The summed E-state index contributed by atoms with van der Waals surface area (Å²) in [4.78, 5) is 0. The Morgan fingerprint density at radius 3 is 2.06 bits per heavy atom. The molecule has 0 unspecified atom stereocenters. The van der Waals surface area contributed by atoms with Gasteiger partial charge >= 0.3 is 6.18 Å². The first-order valence-electron chi connectivity index (χ1n) is 12.7. The van der Waals surface area contributed by atoms with Crippen LogP contribution >= 0.6 is 0 Å². The number of rotatable bonds is 8. The van der Waals surface area contributed by atoms with Crippen molar-refractivity contribution in [3.63, 3.8) is 0 Å². The minimum absolute atomic E-state index is 0.179. The second-order valence-electron chi connectivity index (χ2n) is 10.1. The minimum Gasteiger partial charge on any atom is -0.206 e. The summed E-state index contributed by atoms with van der Waals surface area (Å²) >= 11 is 0. The molecule has 178 valence electrons. The molecule has 2 fully saturated rings. The predicted molar refractivity (Wildman–Crippen MR) is 123 cm³/mol. The van der Waals surface area contributed by atoms with Crippen molar-refractivity contribution >= 4 is 0 Å². The van der Waals surface area contributed by atoms with Gasteiger partial charge in [-0.2, -0.15) is 13.2 Å². The summed E-state index contributed by atoms with van der Waals surface area (Å²) in [6.45, 7) is 2.26. The number of alkyl halides is 3. The van der Waals surface area contributed by atoms with Crippen LogP contribution in [-0.4, -0.2) is 6.18 Å². The predicted octanol–water partition coefficient (Wildman–Crippen LogP) is 9.18. The zero-order chi connectivity index (χ0) is 23.0. The number of hydrogen-bond donors (Lipinski definition) is 0. The second-order valence-corrected chi connectivity index (χ2v) is 10.1. The molecular weight excluding hydrogens is 412 g/mol. The highest BCUT2D eigenvalue weighted by Crippen LogP contribution is 2.44. The Kier molecular flexibility index (Phi) is 9.50. The summed E-state index contributed by atoms with van der Waals surface area (Å²) in [5, 5.41) is 0. The molecule has 0 atom stereocenters. The van der Waals surface area contributed by atoms with E-state index in [4.69, 9.17) is 0 Å². The molecule has 0 saturated heterocycles. The molecule has 0 radical (unpaired) electrons. The largest absolute Gasteiger partial charge is 0.458 e. The van der Waals surface area contributed by atoms with Crippen molar-refractivity contribution in [3.05, 3.63) is 35.1 Å². The van der Waals surface area contributed by atoms with E-state index >= 15 is 0 Å². The minimum atomic E-state index is -4.60. The topological polar surface area (TPSA) is 0 Å². The summed E-state index contributed by atoms with van der Waals surface area (Å²) in [5.41, 5.74) is 0.729. The molecule has 1 aromatic carbocycles. The smallest absolute Gasteiger partial charge is 0.206 e. The highest BCUT2D eigenvalue weighted by molar-refractivity contribution is 5.39. The van der Waals surface area contributed by atoms with E-state index in [1.807, 2.05) is 5.92 Å². The van der Waals surface area contributed by atoms with Crippen LogP contribution < -0.4 is 0 Å². The van der Waals surface area contributed by atoms with E-state index in [1.165, 1.54) is 89.2 Å². The number of benzene rings is 1. The third kappa shape index (κ3) is 7.82. The first-order valence-corrected chi connectivity index (χ1v) is 12.7. The lowest BCUT2D eigenvalue weighted by Crippen LogP contribution is -2.25. The van der Waals surface area contributed by atoms with Gasteiger partial charge in [-0.25, -0.2) is 4.39 Å². The van der Waals surface area contributed by atoms with Crippen LogP contribution in [0.15, 0.2) is 18.2 Å². The first kappa shape index (κ1) is 25.1. The van der Waals surface area contributed by atoms with E-state index in [9.17, 15) is 17.6 Å². The lowest BCUT2D eigenvalue weighted by atomic mass is 9.68. The fourth-order valence-corrected chi connectivity index (χ4v) is 5.93. The Balaban J connectivity index is 1.42. The van der Waals surface area contributed by atoms with Crippen LogP contribution in [0.4, 0.5) is 17.6 Å². The summed E-state index contributed by atoms with van der Waals surface area (Å²) in [5.74, 6) is 5.30. The summed E-state index contributed by atoms with van der Waals surface area (Å²) in [7, 11) is 0. The van der Waals surface area contributed by atoms with Crippen molar-refractivity contribution in [2.75, 3.05) is 0 Å². The van der Waals surface area contributed by atoms with Gasteiger partial charge in [0.2, 0.25) is 0 Å². The van der Waals surface area contributed by atoms with Gasteiger partial charge in [-0.05, 0) is 79.9 Å². The SMILES string of the molecule is CCCCCCCC1CCC(C2CCC(c3ccc(C#CC(F)(F)F)c(F)c3)CC2)CC1. The van der Waals surface area contributed by atoms with E-state index in [0.717, 1.165) is 42.1 Å². The Morgan fingerprint density at radius 1 is 0.844 bits per heavy atom. The fourth-order valence-electron chi connectivity index (χ4n) is 5.93. The molecule has 0 aromatic heterocycles. The Morgan fingerprint density at radius 2 is 1.47 bits per heavy atom. The lowest BCUT2D eigenvalue weighted by Gasteiger charge is -2.38. The molecule has 0 nitrogen and oxygen atoms in total. The van der Waals surface area contributed by atoms with Crippen LogP contribution in [0.5, 0.6) is 0 Å². The van der Waals surface area contributed by atoms with Crippen molar-refractivity contribution in [3.8, 4) is 11.8 Å². The van der Waals surface area contributed by atoms with Gasteiger partial charge < -0.3 is 0 Å². The van der Waals surface area contributed by atoms with Gasteiger partial charge in [0, 0.05) is 5.92 Å². The van der Waals surface area contributed by atoms with Crippen LogP contribution in [0.3, 0.4) is 0 Å². The molecule has 32 heavy (non-hydrogen) atoms. The highest BCUT2D eigenvalue weighted by atomic mass is 19.4. The maximum atomic E-state index is 14.3. The third-order valence-corrected chi connectivity index (χ3v) is 7.85. The average molecular weight is 451 g/mol. The standard InChI is InChI=1S/C28H38F4/c1-2-3-4-5-6-7-21-8-10-22(11-9-21)23-12-14-24(15-13-23)26-17-16-25(27(29)20-26)18-19-28(30,31)32/h16-17,20-24H,2-15H2,1H3. The monoisotopic (exact) mass is 450 g/mol. The summed E-state index contributed by atoms with van der Waals surface area (Å²) < 4.78 is 51.0. The highest BCUT2D eigenvalue weighted by Gasteiger charge is 2.31. The molecule has 2 saturated carbocycles. The molecule has 2 aliphatic carbocycles. The van der Waals surface area contributed by atoms with Gasteiger partial charge in [-0.1, -0.05) is 70.3 Å². The van der Waals surface area contributed by atoms with E-state index < -0.39 is 12.0 Å². The molecule has 0 heterocycles. The molecular formula is C28H38F4. The maximum Gasteiger partial charge on any atom is 0.458 e. The number of hydrogen-bond acceptors (Lipinski definition) is 0. The fraction of sp³-hybridized carbons (Fsp3) is 0.714. The molecule has 0 N–H and O–H groups in total. The van der Waals surface area contributed by atoms with Gasteiger partial charge in [0.1, 0.15) is 5.82 Å². The molecule has 3 rings (SSSR count). The third-order valence-electron chi connectivity index (χ3n) is 7.85. The van der Waals surface area contributed by atoms with Gasteiger partial charge in [0.05, 0.1) is 5.56 Å². The van der Waals surface area contributed by atoms with Gasteiger partial charge in [0.15, 0.2) is 0 Å². The molecule has 0 spiro atoms. The van der Waals surface area contributed by atoms with Crippen molar-refractivity contribution in [1.29, 1.82) is 0 Å². The molecule has 4 heteroatoms. The quantitative estimate of drug-likeness (QED) is 0.210. The van der Waals surface area contributed by atoms with Crippen molar-refractivity contribution in [1.82, 2.24) is 0 Å². The van der Waals surface area contributed by atoms with E-state index in [1.54, 1.807) is 6.07 Å². The van der Waals surface area contributed by atoms with E-state index in [0.29, 0.717) is 5.92 Å². The van der Waals surface area contributed by atoms with E-state index in [2.05, 4.69) is 6.92 Å². The Hall–Kier alpha value is -1.50. The van der Waals surface area contributed by atoms with Crippen LogP contribution in [0, 0.1) is 35.4 Å². The van der Waals surface area contributed by atoms with Crippen LogP contribution in [0.2, 0.25) is 0 Å². The Bertz CT molecular complexity index is 754. The lowest BCUT2D eigenvalue weighted by molar-refractivity contribution is -0.0696. The average Bonchev–Trinajstić information content (AvgIpc) is 2.78. The van der Waals surface area contributed by atoms with Crippen molar-refractivity contribution in [2.45, 2.75) is 109 Å². The van der Waals surface area contributed by atoms with Crippen LogP contribution in [0.25, 0.3) is 0 Å². The molecule has 0 aliphatic heterocycles. The second kappa shape index (κ2) is 12.1. The van der Waals surface area contributed by atoms with Gasteiger partial charge in [-0.3, -0.25) is 0 Å². The molecule has 2 aliphatic rings. The summed E-state index contributed by atoms with van der Waals surface area (Å²) in [6.07, 6.45) is 13.7. The van der Waals surface area contributed by atoms with Crippen LogP contribution in [0.1, 0.15) is 114 Å². The van der Waals surface area contributed by atoms with Crippen molar-refractivity contribution < 1.29 is 17.6 Å². The summed E-state index contributed by atoms with van der Waals surface area (Å²) in [6, 6.07) is 4.57. The van der Waals surface area contributed by atoms with Crippen LogP contribution in [-0.2, 0) is 0 Å². The first-order chi connectivity index (χ1) is 15.4. The molecule has 1 aromatic rings. The normalized spacial score (nSPS) is 26.4. The zero-order valence-electron chi connectivity index (χ0n) is 19.5. The maximum absolute atomic E-state index is 14.3. The number of unbranched alkanes of at least 4 members (excludes halogenated alkanes) is 4.